The molecule has 1 aliphatic heterocycles. The highest BCUT2D eigenvalue weighted by atomic mass is 32.2. The minimum atomic E-state index is -0.341. The Morgan fingerprint density at radius 2 is 1.77 bits per heavy atom. The van der Waals surface area contributed by atoms with Gasteiger partial charge in [0.1, 0.15) is 5.75 Å². The van der Waals surface area contributed by atoms with E-state index in [0.29, 0.717) is 10.7 Å². The van der Waals surface area contributed by atoms with Crippen LogP contribution in [0.3, 0.4) is 0 Å². The topological polar surface area (TPSA) is 75.7 Å². The van der Waals surface area contributed by atoms with Gasteiger partial charge in [0.25, 0.3) is 17.1 Å². The molecule has 30 heavy (non-hydrogen) atoms. The first-order valence-corrected chi connectivity index (χ1v) is 10.4. The molecule has 0 saturated carbocycles. The lowest BCUT2D eigenvalue weighted by atomic mass is 10.1. The van der Waals surface area contributed by atoms with E-state index in [1.807, 2.05) is 63.2 Å². The molecule has 1 fully saturated rings. The van der Waals surface area contributed by atoms with Gasteiger partial charge in [-0.1, -0.05) is 42.0 Å². The van der Waals surface area contributed by atoms with E-state index in [1.54, 1.807) is 6.08 Å². The van der Waals surface area contributed by atoms with Crippen molar-refractivity contribution in [2.45, 2.75) is 20.8 Å². The fourth-order valence-electron chi connectivity index (χ4n) is 2.87. The Hall–Kier alpha value is -3.06. The van der Waals surface area contributed by atoms with Gasteiger partial charge in [-0.05, 0) is 61.4 Å². The first kappa shape index (κ1) is 21.6. The maximum Gasteiger partial charge on any atom is 0.293 e. The summed E-state index contributed by atoms with van der Waals surface area (Å²) < 4.78 is 5.56. The summed E-state index contributed by atoms with van der Waals surface area (Å²) in [7, 11) is 0. The van der Waals surface area contributed by atoms with Crippen molar-refractivity contribution in [2.24, 2.45) is 0 Å². The number of amides is 3. The second kappa shape index (κ2) is 9.63. The van der Waals surface area contributed by atoms with Gasteiger partial charge in [0, 0.05) is 13.1 Å². The number of aryl methyl sites for hydroxylation is 3. The van der Waals surface area contributed by atoms with Crippen molar-refractivity contribution in [3.63, 3.8) is 0 Å². The highest BCUT2D eigenvalue weighted by molar-refractivity contribution is 8.18. The Morgan fingerprint density at radius 3 is 2.50 bits per heavy atom. The van der Waals surface area contributed by atoms with Gasteiger partial charge >= 0.3 is 0 Å². The summed E-state index contributed by atoms with van der Waals surface area (Å²) in [6.07, 6.45) is 1.71. The molecule has 0 spiro atoms. The molecule has 2 aromatic carbocycles. The Bertz CT molecular complexity index is 999. The van der Waals surface area contributed by atoms with Crippen molar-refractivity contribution in [2.75, 3.05) is 19.7 Å². The summed E-state index contributed by atoms with van der Waals surface area (Å²) in [5, 5.41) is 2.35. The molecule has 0 atom stereocenters. The van der Waals surface area contributed by atoms with E-state index < -0.39 is 0 Å². The monoisotopic (exact) mass is 424 g/mol. The molecule has 0 aromatic heterocycles. The molecule has 0 radical (unpaired) electrons. The quantitative estimate of drug-likeness (QED) is 0.684. The average molecular weight is 425 g/mol. The van der Waals surface area contributed by atoms with Gasteiger partial charge in [0.2, 0.25) is 0 Å². The number of ether oxygens (including phenoxy) is 1. The van der Waals surface area contributed by atoms with E-state index in [1.165, 1.54) is 0 Å². The van der Waals surface area contributed by atoms with Crippen LogP contribution in [0.5, 0.6) is 5.75 Å². The predicted octanol–water partition coefficient (Wildman–Crippen LogP) is 3.84. The molecule has 0 unspecified atom stereocenters. The molecule has 1 saturated heterocycles. The summed E-state index contributed by atoms with van der Waals surface area (Å²) in [5.74, 6) is 0.0156. The maximum absolute atomic E-state index is 12.5. The normalized spacial score (nSPS) is 15.0. The second-order valence-corrected chi connectivity index (χ2v) is 8.14. The molecule has 7 heteroatoms. The van der Waals surface area contributed by atoms with Crippen molar-refractivity contribution in [3.05, 3.63) is 69.6 Å². The molecular formula is C23H24N2O4S. The van der Waals surface area contributed by atoms with Gasteiger partial charge in [0.05, 0.1) is 4.91 Å². The largest absolute Gasteiger partial charge is 0.483 e. The third kappa shape index (κ3) is 5.51. The predicted molar refractivity (Wildman–Crippen MR) is 118 cm³/mol. The van der Waals surface area contributed by atoms with Gasteiger partial charge in [-0.3, -0.25) is 19.3 Å². The van der Waals surface area contributed by atoms with Crippen molar-refractivity contribution >= 4 is 34.9 Å². The molecule has 6 nitrogen and oxygen atoms in total. The summed E-state index contributed by atoms with van der Waals surface area (Å²) in [6.45, 7) is 6.02. The van der Waals surface area contributed by atoms with Crippen LogP contribution in [0.2, 0.25) is 0 Å². The standard InChI is InChI=1S/C23H24N2O4S/c1-15-5-8-18(9-6-15)13-20-22(27)25(23(28)30-20)11-10-24-21(26)14-29-19-12-16(2)4-7-17(19)3/h4-9,12-13H,10-11,14H2,1-3H3,(H,24,26). The summed E-state index contributed by atoms with van der Waals surface area (Å²) in [4.78, 5) is 38.3. The van der Waals surface area contributed by atoms with Crippen LogP contribution in [0.4, 0.5) is 4.79 Å². The number of hydrogen-bond acceptors (Lipinski definition) is 5. The molecule has 156 valence electrons. The van der Waals surface area contributed by atoms with E-state index in [-0.39, 0.29) is 36.7 Å². The minimum Gasteiger partial charge on any atom is -0.483 e. The molecule has 3 amide bonds. The lowest BCUT2D eigenvalue weighted by Crippen LogP contribution is -2.38. The Morgan fingerprint density at radius 1 is 1.07 bits per heavy atom. The second-order valence-electron chi connectivity index (χ2n) is 7.15. The zero-order chi connectivity index (χ0) is 21.7. The first-order valence-electron chi connectivity index (χ1n) is 9.62. The fourth-order valence-corrected chi connectivity index (χ4v) is 3.74. The molecule has 1 heterocycles. The average Bonchev–Trinajstić information content (AvgIpc) is 2.97. The molecular weight excluding hydrogens is 400 g/mol. The first-order chi connectivity index (χ1) is 14.3. The van der Waals surface area contributed by atoms with Crippen LogP contribution >= 0.6 is 11.8 Å². The van der Waals surface area contributed by atoms with Crippen molar-refractivity contribution in [3.8, 4) is 5.75 Å². The van der Waals surface area contributed by atoms with E-state index in [9.17, 15) is 14.4 Å². The lowest BCUT2D eigenvalue weighted by molar-refractivity contribution is -0.125. The highest BCUT2D eigenvalue weighted by Gasteiger charge is 2.34. The zero-order valence-electron chi connectivity index (χ0n) is 17.2. The molecule has 1 aliphatic rings. The van der Waals surface area contributed by atoms with Crippen LogP contribution in [0.25, 0.3) is 6.08 Å². The Kier molecular flexibility index (Phi) is 6.95. The Labute approximate surface area is 180 Å². The summed E-state index contributed by atoms with van der Waals surface area (Å²) in [6, 6.07) is 13.5. The third-order valence-electron chi connectivity index (χ3n) is 4.61. The van der Waals surface area contributed by atoms with Crippen LogP contribution in [0.1, 0.15) is 22.3 Å². The maximum atomic E-state index is 12.5. The third-order valence-corrected chi connectivity index (χ3v) is 5.52. The van der Waals surface area contributed by atoms with Crippen LogP contribution in [0, 0.1) is 20.8 Å². The van der Waals surface area contributed by atoms with Gasteiger partial charge in [-0.25, -0.2) is 0 Å². The highest BCUT2D eigenvalue weighted by Crippen LogP contribution is 2.31. The van der Waals surface area contributed by atoms with Gasteiger partial charge in [0.15, 0.2) is 6.61 Å². The number of benzene rings is 2. The lowest BCUT2D eigenvalue weighted by Gasteiger charge is -2.14. The van der Waals surface area contributed by atoms with Gasteiger partial charge < -0.3 is 10.1 Å². The molecule has 0 aliphatic carbocycles. The smallest absolute Gasteiger partial charge is 0.293 e. The summed E-state index contributed by atoms with van der Waals surface area (Å²) >= 11 is 0.911. The van der Waals surface area contributed by atoms with Crippen LogP contribution in [0.15, 0.2) is 47.4 Å². The van der Waals surface area contributed by atoms with Gasteiger partial charge in [-0.2, -0.15) is 0 Å². The Balaban J connectivity index is 1.49. The van der Waals surface area contributed by atoms with E-state index in [2.05, 4.69) is 5.32 Å². The molecule has 0 bridgehead atoms. The van der Waals surface area contributed by atoms with Crippen LogP contribution in [-0.4, -0.2) is 41.6 Å². The van der Waals surface area contributed by atoms with Crippen molar-refractivity contribution in [1.29, 1.82) is 0 Å². The number of thioether (sulfide) groups is 1. The number of rotatable bonds is 7. The van der Waals surface area contributed by atoms with E-state index in [4.69, 9.17) is 4.74 Å². The van der Waals surface area contributed by atoms with E-state index in [0.717, 1.165) is 38.9 Å². The van der Waals surface area contributed by atoms with Crippen LogP contribution in [-0.2, 0) is 9.59 Å². The summed E-state index contributed by atoms with van der Waals surface area (Å²) in [5.41, 5.74) is 3.99. The number of carbonyl (C=O) groups excluding carboxylic acids is 3. The van der Waals surface area contributed by atoms with Crippen molar-refractivity contribution < 1.29 is 19.1 Å². The van der Waals surface area contributed by atoms with Crippen LogP contribution < -0.4 is 10.1 Å². The van der Waals surface area contributed by atoms with E-state index >= 15 is 0 Å². The van der Waals surface area contributed by atoms with Gasteiger partial charge in [-0.15, -0.1) is 0 Å². The number of imide groups is 1. The molecule has 1 N–H and O–H groups in total. The fraction of sp³-hybridized carbons (Fsp3) is 0.261. The molecule has 3 rings (SSSR count). The molecule has 2 aromatic rings. The number of nitrogens with zero attached hydrogens (tertiary/aromatic N) is 1. The SMILES string of the molecule is Cc1ccc(C=C2SC(=O)N(CCNC(=O)COc3cc(C)ccc3C)C2=O)cc1. The number of nitrogens with one attached hydrogen (secondary N) is 1. The zero-order valence-corrected chi connectivity index (χ0v) is 18.0. The number of carbonyl (C=O) groups is 3. The number of hydrogen-bond donors (Lipinski definition) is 1. The van der Waals surface area contributed by atoms with Crippen molar-refractivity contribution in [1.82, 2.24) is 10.2 Å². The minimum absolute atomic E-state index is 0.116.